The molecule has 0 saturated carbocycles. The number of hydrogen-bond donors (Lipinski definition) is 1. The summed E-state index contributed by atoms with van der Waals surface area (Å²) in [7, 11) is -1.99. The van der Waals surface area contributed by atoms with Crippen molar-refractivity contribution in [2.24, 2.45) is 0 Å². The number of urea groups is 1. The van der Waals surface area contributed by atoms with Crippen molar-refractivity contribution in [1.82, 2.24) is 4.90 Å². The van der Waals surface area contributed by atoms with E-state index < -0.39 is 10.1 Å². The average molecular weight is 407 g/mol. The highest BCUT2D eigenvalue weighted by Crippen LogP contribution is 2.19. The minimum absolute atomic E-state index is 0.210. The Morgan fingerprint density at radius 2 is 1.82 bits per heavy atom. The third kappa shape index (κ3) is 7.11. The van der Waals surface area contributed by atoms with Crippen LogP contribution >= 0.6 is 0 Å². The molecule has 0 saturated heterocycles. The van der Waals surface area contributed by atoms with Crippen LogP contribution in [0.2, 0.25) is 0 Å². The molecule has 152 valence electrons. The second-order valence-corrected chi connectivity index (χ2v) is 7.94. The molecule has 0 heterocycles. The Kier molecular flexibility index (Phi) is 7.69. The number of anilines is 1. The van der Waals surface area contributed by atoms with E-state index in [-0.39, 0.29) is 11.8 Å². The van der Waals surface area contributed by atoms with E-state index in [1.54, 1.807) is 48.4 Å². The van der Waals surface area contributed by atoms with Crippen molar-refractivity contribution in [3.63, 3.8) is 0 Å². The topological polar surface area (TPSA) is 84.9 Å². The molecule has 0 unspecified atom stereocenters. The standard InChI is InChI=1S/C20H26N2O5S/c1-4-5-13-22(20(23)21-17-7-6-8-19(14-17)26-2)15-16-9-11-18(12-10-16)27-28(3,24)25/h6-12,14H,4-5,13,15H2,1-3H3,(H,21,23). The summed E-state index contributed by atoms with van der Waals surface area (Å²) in [4.78, 5) is 14.5. The Labute approximate surface area is 166 Å². The van der Waals surface area contributed by atoms with Crippen LogP contribution in [0.5, 0.6) is 11.5 Å². The lowest BCUT2D eigenvalue weighted by Gasteiger charge is -2.23. The number of rotatable bonds is 9. The summed E-state index contributed by atoms with van der Waals surface area (Å²) >= 11 is 0. The van der Waals surface area contributed by atoms with Crippen molar-refractivity contribution in [2.45, 2.75) is 26.3 Å². The van der Waals surface area contributed by atoms with E-state index in [0.29, 0.717) is 24.5 Å². The van der Waals surface area contributed by atoms with Crippen LogP contribution in [0.4, 0.5) is 10.5 Å². The minimum Gasteiger partial charge on any atom is -0.497 e. The molecule has 0 aliphatic carbocycles. The van der Waals surface area contributed by atoms with Gasteiger partial charge in [0.2, 0.25) is 0 Å². The Bertz CT molecular complexity index is 882. The van der Waals surface area contributed by atoms with Crippen LogP contribution in [0.3, 0.4) is 0 Å². The van der Waals surface area contributed by atoms with Crippen molar-refractivity contribution in [3.8, 4) is 11.5 Å². The zero-order valence-electron chi connectivity index (χ0n) is 16.3. The molecule has 0 radical (unpaired) electrons. The molecule has 0 aliphatic rings. The molecule has 2 aromatic carbocycles. The van der Waals surface area contributed by atoms with Gasteiger partial charge in [0.05, 0.1) is 13.4 Å². The fourth-order valence-corrected chi connectivity index (χ4v) is 3.01. The van der Waals surface area contributed by atoms with Gasteiger partial charge in [-0.2, -0.15) is 8.42 Å². The van der Waals surface area contributed by atoms with E-state index in [1.165, 1.54) is 0 Å². The summed E-state index contributed by atoms with van der Waals surface area (Å²) in [5.74, 6) is 0.909. The first-order valence-corrected chi connectivity index (χ1v) is 10.8. The summed E-state index contributed by atoms with van der Waals surface area (Å²) in [5.41, 5.74) is 1.53. The monoisotopic (exact) mass is 406 g/mol. The molecule has 1 N–H and O–H groups in total. The lowest BCUT2D eigenvalue weighted by molar-refractivity contribution is 0.208. The zero-order valence-corrected chi connectivity index (χ0v) is 17.2. The number of methoxy groups -OCH3 is 1. The van der Waals surface area contributed by atoms with Gasteiger partial charge in [-0.3, -0.25) is 0 Å². The molecule has 2 rings (SSSR count). The van der Waals surface area contributed by atoms with E-state index in [1.807, 2.05) is 12.1 Å². The first kappa shape index (κ1) is 21.6. The number of benzene rings is 2. The SMILES string of the molecule is CCCCN(Cc1ccc(OS(C)(=O)=O)cc1)C(=O)Nc1cccc(OC)c1. The molecule has 28 heavy (non-hydrogen) atoms. The molecule has 0 bridgehead atoms. The highest BCUT2D eigenvalue weighted by molar-refractivity contribution is 7.86. The van der Waals surface area contributed by atoms with Crippen LogP contribution < -0.4 is 14.2 Å². The van der Waals surface area contributed by atoms with Gasteiger partial charge in [-0.25, -0.2) is 4.79 Å². The fourth-order valence-electron chi connectivity index (χ4n) is 2.55. The van der Waals surface area contributed by atoms with Gasteiger partial charge in [-0.05, 0) is 36.2 Å². The zero-order chi connectivity index (χ0) is 20.6. The number of ether oxygens (including phenoxy) is 1. The molecule has 2 amide bonds. The van der Waals surface area contributed by atoms with Crippen LogP contribution in [0.25, 0.3) is 0 Å². The molecule has 7 nitrogen and oxygen atoms in total. The Morgan fingerprint density at radius 3 is 2.43 bits per heavy atom. The third-order valence-electron chi connectivity index (χ3n) is 3.93. The van der Waals surface area contributed by atoms with Gasteiger partial charge in [0.25, 0.3) is 0 Å². The predicted octanol–water partition coefficient (Wildman–Crippen LogP) is 3.87. The number of hydrogen-bond acceptors (Lipinski definition) is 5. The van der Waals surface area contributed by atoms with Gasteiger partial charge in [-0.1, -0.05) is 31.5 Å². The maximum Gasteiger partial charge on any atom is 0.322 e. The van der Waals surface area contributed by atoms with Crippen LogP contribution in [-0.2, 0) is 16.7 Å². The molecule has 0 atom stereocenters. The van der Waals surface area contributed by atoms with E-state index in [2.05, 4.69) is 12.2 Å². The molecule has 0 aromatic heterocycles. The maximum atomic E-state index is 12.7. The van der Waals surface area contributed by atoms with Gasteiger partial charge < -0.3 is 19.1 Å². The van der Waals surface area contributed by atoms with E-state index >= 15 is 0 Å². The Balaban J connectivity index is 2.08. The van der Waals surface area contributed by atoms with Crippen molar-refractivity contribution in [2.75, 3.05) is 25.2 Å². The van der Waals surface area contributed by atoms with E-state index in [4.69, 9.17) is 8.92 Å². The molecular formula is C20H26N2O5S. The van der Waals surface area contributed by atoms with Gasteiger partial charge in [0, 0.05) is 24.8 Å². The summed E-state index contributed by atoms with van der Waals surface area (Å²) in [6, 6.07) is 13.6. The number of nitrogens with zero attached hydrogens (tertiary/aromatic N) is 1. The third-order valence-corrected chi connectivity index (χ3v) is 4.43. The van der Waals surface area contributed by atoms with Crippen LogP contribution in [0.1, 0.15) is 25.3 Å². The first-order valence-electron chi connectivity index (χ1n) is 8.99. The number of unbranched alkanes of at least 4 members (excludes halogenated alkanes) is 1. The molecule has 0 fully saturated rings. The predicted molar refractivity (Wildman–Crippen MR) is 109 cm³/mol. The van der Waals surface area contributed by atoms with Gasteiger partial charge in [0.1, 0.15) is 11.5 Å². The lowest BCUT2D eigenvalue weighted by Crippen LogP contribution is -2.35. The first-order chi connectivity index (χ1) is 13.3. The number of carbonyl (C=O) groups excluding carboxylic acids is 1. The number of nitrogens with one attached hydrogen (secondary N) is 1. The summed E-state index contributed by atoms with van der Waals surface area (Å²) in [5, 5.41) is 2.89. The van der Waals surface area contributed by atoms with E-state index in [0.717, 1.165) is 24.7 Å². The Hall–Kier alpha value is -2.74. The van der Waals surface area contributed by atoms with Gasteiger partial charge >= 0.3 is 16.1 Å². The summed E-state index contributed by atoms with van der Waals surface area (Å²) in [6.45, 7) is 3.07. The van der Waals surface area contributed by atoms with Crippen LogP contribution in [0.15, 0.2) is 48.5 Å². The molecule has 0 aliphatic heterocycles. The van der Waals surface area contributed by atoms with Gasteiger partial charge in [0.15, 0.2) is 0 Å². The average Bonchev–Trinajstić information content (AvgIpc) is 2.65. The minimum atomic E-state index is -3.56. The summed E-state index contributed by atoms with van der Waals surface area (Å²) < 4.78 is 32.4. The molecule has 2 aromatic rings. The second kappa shape index (κ2) is 9.98. The van der Waals surface area contributed by atoms with Crippen molar-refractivity contribution in [3.05, 3.63) is 54.1 Å². The fraction of sp³-hybridized carbons (Fsp3) is 0.350. The van der Waals surface area contributed by atoms with Crippen LogP contribution in [0, 0.1) is 0 Å². The quantitative estimate of drug-likeness (QED) is 0.639. The molecule has 8 heteroatoms. The summed E-state index contributed by atoms with van der Waals surface area (Å²) in [6.07, 6.45) is 2.83. The lowest BCUT2D eigenvalue weighted by atomic mass is 10.2. The highest BCUT2D eigenvalue weighted by Gasteiger charge is 2.14. The Morgan fingerprint density at radius 1 is 1.11 bits per heavy atom. The van der Waals surface area contributed by atoms with Crippen molar-refractivity contribution in [1.29, 1.82) is 0 Å². The molecular weight excluding hydrogens is 380 g/mol. The van der Waals surface area contributed by atoms with Crippen molar-refractivity contribution < 1.29 is 22.1 Å². The highest BCUT2D eigenvalue weighted by atomic mass is 32.2. The number of carbonyl (C=O) groups is 1. The van der Waals surface area contributed by atoms with E-state index in [9.17, 15) is 13.2 Å². The second-order valence-electron chi connectivity index (χ2n) is 6.37. The maximum absolute atomic E-state index is 12.7. The van der Waals surface area contributed by atoms with Crippen LogP contribution in [-0.4, -0.2) is 39.3 Å². The smallest absolute Gasteiger partial charge is 0.322 e. The number of amides is 2. The van der Waals surface area contributed by atoms with Gasteiger partial charge in [-0.15, -0.1) is 0 Å². The van der Waals surface area contributed by atoms with Crippen molar-refractivity contribution >= 4 is 21.8 Å². The normalized spacial score (nSPS) is 11.0. The molecule has 0 spiro atoms. The largest absolute Gasteiger partial charge is 0.497 e.